The van der Waals surface area contributed by atoms with E-state index < -0.39 is 38.9 Å². The second-order valence-corrected chi connectivity index (χ2v) is 15.1. The first-order valence-electron chi connectivity index (χ1n) is 13.1. The van der Waals surface area contributed by atoms with Gasteiger partial charge in [0.25, 0.3) is 0 Å². The van der Waals surface area contributed by atoms with Crippen molar-refractivity contribution in [3.63, 3.8) is 0 Å². The van der Waals surface area contributed by atoms with Crippen molar-refractivity contribution < 1.29 is 37.2 Å². The molecule has 2 heterocycles. The average molecular weight is 603 g/mol. The van der Waals surface area contributed by atoms with E-state index in [4.69, 9.17) is 22.8 Å². The average Bonchev–Trinajstić information content (AvgIpc) is 3.32. The van der Waals surface area contributed by atoms with E-state index in [0.29, 0.717) is 6.42 Å². The standard InChI is InChI=1S/C27H34N4O8SSi/c1-41(2,3)39-21-14-23(38-22(21)17-37-40)30-18-31(27(34)36-16-20-12-8-5-9-13-20)24(28-25(30)32)29-26(33)35-15-19-10-6-4-7-11-19/h4-13,21-23,40H,14-18H2,1-3H3,(H,28,29,32,33). The maximum absolute atomic E-state index is 13.2. The van der Waals surface area contributed by atoms with Crippen molar-refractivity contribution in [1.29, 1.82) is 0 Å². The number of hydrogen-bond donors (Lipinski definition) is 2. The van der Waals surface area contributed by atoms with Crippen LogP contribution in [-0.2, 0) is 36.0 Å². The predicted molar refractivity (Wildman–Crippen MR) is 154 cm³/mol. The zero-order chi connectivity index (χ0) is 29.4. The fourth-order valence-corrected chi connectivity index (χ4v) is 5.61. The van der Waals surface area contributed by atoms with Gasteiger partial charge in [0.2, 0.25) is 5.96 Å². The Morgan fingerprint density at radius 3 is 2.22 bits per heavy atom. The van der Waals surface area contributed by atoms with Crippen LogP contribution in [0.4, 0.5) is 14.4 Å². The number of aliphatic imine (C=N–C) groups is 1. The molecule has 1 N–H and O–H groups in total. The van der Waals surface area contributed by atoms with Gasteiger partial charge in [0.1, 0.15) is 32.2 Å². The Bertz CT molecular complexity index is 1230. The van der Waals surface area contributed by atoms with E-state index in [1.165, 1.54) is 4.90 Å². The van der Waals surface area contributed by atoms with Gasteiger partial charge in [0.15, 0.2) is 8.32 Å². The van der Waals surface area contributed by atoms with Crippen molar-refractivity contribution in [2.24, 2.45) is 4.99 Å². The molecular weight excluding hydrogens is 568 g/mol. The van der Waals surface area contributed by atoms with Crippen LogP contribution in [0.15, 0.2) is 65.7 Å². The van der Waals surface area contributed by atoms with E-state index in [1.54, 1.807) is 12.1 Å². The molecule has 2 aliphatic rings. The fraction of sp³-hybridized carbons (Fsp3) is 0.407. The van der Waals surface area contributed by atoms with Gasteiger partial charge in [-0.2, -0.15) is 0 Å². The first-order chi connectivity index (χ1) is 19.6. The molecule has 14 heteroatoms. The Morgan fingerprint density at radius 1 is 1.02 bits per heavy atom. The van der Waals surface area contributed by atoms with Crippen LogP contribution in [0.25, 0.3) is 0 Å². The Labute approximate surface area is 245 Å². The van der Waals surface area contributed by atoms with E-state index in [-0.39, 0.29) is 38.6 Å². The van der Waals surface area contributed by atoms with E-state index in [9.17, 15) is 14.4 Å². The number of ether oxygens (including phenoxy) is 3. The molecule has 220 valence electrons. The number of thiol groups is 1. The van der Waals surface area contributed by atoms with Crippen LogP contribution in [0.5, 0.6) is 0 Å². The van der Waals surface area contributed by atoms with Crippen molar-refractivity contribution in [2.75, 3.05) is 13.3 Å². The number of hydrogen-bond acceptors (Lipinski definition) is 9. The summed E-state index contributed by atoms with van der Waals surface area (Å²) in [6.45, 7) is 5.96. The summed E-state index contributed by atoms with van der Waals surface area (Å²) in [4.78, 5) is 45.2. The number of carbonyl (C=O) groups is 3. The number of benzene rings is 2. The highest BCUT2D eigenvalue weighted by molar-refractivity contribution is 7.75. The smallest absolute Gasteiger partial charge is 0.437 e. The van der Waals surface area contributed by atoms with Crippen LogP contribution in [0.3, 0.4) is 0 Å². The van der Waals surface area contributed by atoms with Crippen LogP contribution in [0.2, 0.25) is 19.6 Å². The number of amides is 4. The quantitative estimate of drug-likeness (QED) is 0.244. The molecule has 3 atom stereocenters. The predicted octanol–water partition coefficient (Wildman–Crippen LogP) is 4.50. The van der Waals surface area contributed by atoms with Crippen LogP contribution in [-0.4, -0.2) is 74.0 Å². The summed E-state index contributed by atoms with van der Waals surface area (Å²) < 4.78 is 28.1. The molecular formula is C27H34N4O8SSi. The summed E-state index contributed by atoms with van der Waals surface area (Å²) in [7, 11) is -1.96. The van der Waals surface area contributed by atoms with Gasteiger partial charge in [-0.1, -0.05) is 60.7 Å². The lowest BCUT2D eigenvalue weighted by molar-refractivity contribution is -0.0653. The number of nitrogens with zero attached hydrogens (tertiary/aromatic N) is 3. The maximum Gasteiger partial charge on any atom is 0.437 e. The minimum Gasteiger partial charge on any atom is -0.444 e. The lowest BCUT2D eigenvalue weighted by Crippen LogP contribution is -2.64. The van der Waals surface area contributed by atoms with Gasteiger partial charge in [-0.15, -0.1) is 4.99 Å². The summed E-state index contributed by atoms with van der Waals surface area (Å²) in [6.07, 6.45) is -3.02. The van der Waals surface area contributed by atoms with Gasteiger partial charge in [0, 0.05) is 6.42 Å². The van der Waals surface area contributed by atoms with Gasteiger partial charge in [-0.3, -0.25) is 10.2 Å². The zero-order valence-corrected chi connectivity index (χ0v) is 25.0. The third-order valence-electron chi connectivity index (χ3n) is 6.13. The summed E-state index contributed by atoms with van der Waals surface area (Å²) in [6, 6.07) is 17.5. The SMILES string of the molecule is C[Si](C)(C)OC1CC(N2CN(C(=O)OCc3ccccc3)C(=NC(=O)OCc3ccccc3)NC2=O)OC1COS. The van der Waals surface area contributed by atoms with E-state index in [1.807, 2.05) is 48.5 Å². The van der Waals surface area contributed by atoms with E-state index in [2.05, 4.69) is 42.9 Å². The first-order valence-corrected chi connectivity index (χ1v) is 16.8. The summed E-state index contributed by atoms with van der Waals surface area (Å²) in [5.41, 5.74) is 1.52. The number of carbonyl (C=O) groups excluding carboxylic acids is 3. The monoisotopic (exact) mass is 602 g/mol. The number of rotatable bonds is 9. The minimum atomic E-state index is -1.96. The molecule has 4 amide bonds. The Hall–Kier alpha value is -3.43. The molecule has 4 rings (SSSR count). The third-order valence-corrected chi connectivity index (χ3v) is 7.29. The number of guanidine groups is 1. The number of urea groups is 1. The Kier molecular flexibility index (Phi) is 10.4. The highest BCUT2D eigenvalue weighted by atomic mass is 32.1. The molecule has 2 aliphatic heterocycles. The van der Waals surface area contributed by atoms with Gasteiger partial charge < -0.3 is 22.8 Å². The lowest BCUT2D eigenvalue weighted by atomic mass is 10.2. The lowest BCUT2D eigenvalue weighted by Gasteiger charge is -2.38. The van der Waals surface area contributed by atoms with Crippen LogP contribution in [0.1, 0.15) is 17.5 Å². The van der Waals surface area contributed by atoms with Crippen LogP contribution < -0.4 is 5.32 Å². The second-order valence-electron chi connectivity index (χ2n) is 10.4. The normalized spacial score (nSPS) is 22.0. The molecule has 12 nitrogen and oxygen atoms in total. The maximum atomic E-state index is 13.2. The van der Waals surface area contributed by atoms with Gasteiger partial charge in [-0.05, 0) is 43.7 Å². The molecule has 2 fully saturated rings. The molecule has 0 saturated carbocycles. The highest BCUT2D eigenvalue weighted by Crippen LogP contribution is 2.30. The molecule has 2 aromatic carbocycles. The summed E-state index contributed by atoms with van der Waals surface area (Å²) in [5, 5.41) is 2.51. The Balaban J connectivity index is 1.51. The minimum absolute atomic E-state index is 0.0245. The zero-order valence-electron chi connectivity index (χ0n) is 23.1. The van der Waals surface area contributed by atoms with Crippen molar-refractivity contribution in [3.05, 3.63) is 71.8 Å². The van der Waals surface area contributed by atoms with Crippen molar-refractivity contribution in [3.8, 4) is 0 Å². The van der Waals surface area contributed by atoms with E-state index in [0.717, 1.165) is 16.0 Å². The molecule has 2 saturated heterocycles. The van der Waals surface area contributed by atoms with Gasteiger partial charge in [-0.25, -0.2) is 19.3 Å². The van der Waals surface area contributed by atoms with Gasteiger partial charge >= 0.3 is 18.2 Å². The largest absolute Gasteiger partial charge is 0.444 e. The number of nitrogens with one attached hydrogen (secondary N) is 1. The summed E-state index contributed by atoms with van der Waals surface area (Å²) in [5.74, 6) is -0.314. The molecule has 41 heavy (non-hydrogen) atoms. The third kappa shape index (κ3) is 8.77. The molecule has 0 bridgehead atoms. The topological polar surface area (TPSA) is 128 Å². The van der Waals surface area contributed by atoms with E-state index >= 15 is 0 Å². The van der Waals surface area contributed by atoms with Crippen molar-refractivity contribution in [2.45, 2.75) is 57.7 Å². The molecule has 3 unspecified atom stereocenters. The molecule has 0 radical (unpaired) electrons. The van der Waals surface area contributed by atoms with Crippen molar-refractivity contribution >= 4 is 45.4 Å². The molecule has 0 aromatic heterocycles. The van der Waals surface area contributed by atoms with Crippen LogP contribution >= 0.6 is 12.9 Å². The molecule has 0 spiro atoms. The van der Waals surface area contributed by atoms with Gasteiger partial charge in [0.05, 0.1) is 12.7 Å². The molecule has 2 aromatic rings. The van der Waals surface area contributed by atoms with Crippen LogP contribution in [0, 0.1) is 0 Å². The first kappa shape index (κ1) is 30.5. The Morgan fingerprint density at radius 2 is 1.63 bits per heavy atom. The van der Waals surface area contributed by atoms with Crippen molar-refractivity contribution in [1.82, 2.24) is 15.1 Å². The second kappa shape index (κ2) is 14.0. The summed E-state index contributed by atoms with van der Waals surface area (Å²) >= 11 is 3.85. The molecule has 0 aliphatic carbocycles. The fourth-order valence-electron chi connectivity index (χ4n) is 4.30. The highest BCUT2D eigenvalue weighted by Gasteiger charge is 2.45.